The third-order valence-corrected chi connectivity index (χ3v) is 5.47. The largest absolute Gasteiger partial charge is 0.379 e. The molecule has 3 unspecified atom stereocenters. The second kappa shape index (κ2) is 7.34. The molecule has 3 atom stereocenters. The Morgan fingerprint density at radius 1 is 1.19 bits per heavy atom. The van der Waals surface area contributed by atoms with E-state index < -0.39 is 10.2 Å². The number of nitrogens with zero attached hydrogens (tertiary/aromatic N) is 2. The summed E-state index contributed by atoms with van der Waals surface area (Å²) in [6.45, 7) is 10.2. The zero-order valence-corrected chi connectivity index (χ0v) is 13.9. The molecule has 2 heterocycles. The van der Waals surface area contributed by atoms with E-state index in [1.165, 1.54) is 4.31 Å². The van der Waals surface area contributed by atoms with Gasteiger partial charge < -0.3 is 9.47 Å². The van der Waals surface area contributed by atoms with Crippen LogP contribution in [0.3, 0.4) is 0 Å². The van der Waals surface area contributed by atoms with Gasteiger partial charge in [-0.3, -0.25) is 4.90 Å². The molecule has 0 bridgehead atoms. The fourth-order valence-corrected chi connectivity index (χ4v) is 4.24. The van der Waals surface area contributed by atoms with Gasteiger partial charge in [-0.25, -0.2) is 4.72 Å². The number of rotatable bonds is 5. The number of hydrogen-bond acceptors (Lipinski definition) is 5. The first-order chi connectivity index (χ1) is 9.88. The minimum absolute atomic E-state index is 0.0676. The SMILES string of the molecule is CC1CN(S(=O)(=O)NCC(C)N2CCOCC2)CC(C)O1. The molecular formula is C13H27N3O4S. The third kappa shape index (κ3) is 4.87. The molecular weight excluding hydrogens is 294 g/mol. The van der Waals surface area contributed by atoms with Gasteiger partial charge in [-0.2, -0.15) is 12.7 Å². The molecule has 124 valence electrons. The first-order valence-corrected chi connectivity index (χ1v) is 9.04. The topological polar surface area (TPSA) is 71.1 Å². The lowest BCUT2D eigenvalue weighted by molar-refractivity contribution is -0.0444. The first kappa shape index (κ1) is 17.1. The van der Waals surface area contributed by atoms with E-state index in [4.69, 9.17) is 9.47 Å². The molecule has 2 aliphatic heterocycles. The summed E-state index contributed by atoms with van der Waals surface area (Å²) in [4.78, 5) is 2.25. The van der Waals surface area contributed by atoms with Crippen LogP contribution in [0.1, 0.15) is 20.8 Å². The van der Waals surface area contributed by atoms with Crippen LogP contribution in [-0.4, -0.2) is 81.8 Å². The van der Waals surface area contributed by atoms with Crippen molar-refractivity contribution < 1.29 is 17.9 Å². The lowest BCUT2D eigenvalue weighted by atomic mass is 10.2. The van der Waals surface area contributed by atoms with Crippen molar-refractivity contribution >= 4 is 10.2 Å². The van der Waals surface area contributed by atoms with Crippen molar-refractivity contribution in [3.05, 3.63) is 0 Å². The molecule has 21 heavy (non-hydrogen) atoms. The smallest absolute Gasteiger partial charge is 0.279 e. The Hall–Kier alpha value is -0.250. The van der Waals surface area contributed by atoms with Crippen LogP contribution in [0, 0.1) is 0 Å². The lowest BCUT2D eigenvalue weighted by Gasteiger charge is -2.36. The zero-order chi connectivity index (χ0) is 15.5. The van der Waals surface area contributed by atoms with Crippen LogP contribution >= 0.6 is 0 Å². The van der Waals surface area contributed by atoms with Crippen LogP contribution < -0.4 is 4.72 Å². The quantitative estimate of drug-likeness (QED) is 0.749. The second-order valence-corrected chi connectivity index (χ2v) is 7.68. The molecule has 0 spiro atoms. The van der Waals surface area contributed by atoms with Gasteiger partial charge in [0.2, 0.25) is 0 Å². The van der Waals surface area contributed by atoms with Crippen molar-refractivity contribution in [3.63, 3.8) is 0 Å². The van der Waals surface area contributed by atoms with E-state index in [2.05, 4.69) is 9.62 Å². The number of hydrogen-bond donors (Lipinski definition) is 1. The molecule has 2 saturated heterocycles. The minimum Gasteiger partial charge on any atom is -0.379 e. The van der Waals surface area contributed by atoms with Gasteiger partial charge in [-0.1, -0.05) is 0 Å². The number of ether oxygens (including phenoxy) is 2. The summed E-state index contributed by atoms with van der Waals surface area (Å²) in [6.07, 6.45) is -0.135. The summed E-state index contributed by atoms with van der Waals surface area (Å²) in [7, 11) is -3.44. The molecule has 7 nitrogen and oxygen atoms in total. The van der Waals surface area contributed by atoms with Gasteiger partial charge >= 0.3 is 0 Å². The van der Waals surface area contributed by atoms with E-state index in [1.807, 2.05) is 20.8 Å². The Labute approximate surface area is 127 Å². The van der Waals surface area contributed by atoms with Crippen LogP contribution in [-0.2, 0) is 19.7 Å². The molecule has 0 aromatic rings. The van der Waals surface area contributed by atoms with Crippen molar-refractivity contribution in [2.24, 2.45) is 0 Å². The second-order valence-electron chi connectivity index (χ2n) is 5.93. The van der Waals surface area contributed by atoms with E-state index in [0.29, 0.717) is 19.6 Å². The molecule has 8 heteroatoms. The zero-order valence-electron chi connectivity index (χ0n) is 13.1. The highest BCUT2D eigenvalue weighted by Gasteiger charge is 2.31. The molecule has 0 amide bonds. The van der Waals surface area contributed by atoms with Gasteiger partial charge in [0.1, 0.15) is 0 Å². The van der Waals surface area contributed by atoms with E-state index in [0.717, 1.165) is 26.3 Å². The molecule has 0 aromatic heterocycles. The summed E-state index contributed by atoms with van der Waals surface area (Å²) in [5.74, 6) is 0. The maximum absolute atomic E-state index is 12.4. The van der Waals surface area contributed by atoms with Crippen molar-refractivity contribution in [1.29, 1.82) is 0 Å². The molecule has 0 radical (unpaired) electrons. The monoisotopic (exact) mass is 321 g/mol. The Bertz CT molecular complexity index is 415. The first-order valence-electron chi connectivity index (χ1n) is 7.60. The third-order valence-electron chi connectivity index (χ3n) is 3.96. The Kier molecular flexibility index (Phi) is 5.98. The summed E-state index contributed by atoms with van der Waals surface area (Å²) < 4.78 is 39.9. The Morgan fingerprint density at radius 3 is 2.33 bits per heavy atom. The summed E-state index contributed by atoms with van der Waals surface area (Å²) >= 11 is 0. The fraction of sp³-hybridized carbons (Fsp3) is 1.00. The van der Waals surface area contributed by atoms with Gasteiger partial charge in [0.05, 0.1) is 25.4 Å². The summed E-state index contributed by atoms with van der Waals surface area (Å²) in [5.41, 5.74) is 0. The number of morpholine rings is 2. The van der Waals surface area contributed by atoms with Gasteiger partial charge in [-0.05, 0) is 20.8 Å². The van der Waals surface area contributed by atoms with Crippen molar-refractivity contribution in [3.8, 4) is 0 Å². The summed E-state index contributed by atoms with van der Waals surface area (Å²) in [6, 6.07) is 0.166. The van der Waals surface area contributed by atoms with Gasteiger partial charge in [0.15, 0.2) is 0 Å². The van der Waals surface area contributed by atoms with Gasteiger partial charge in [0, 0.05) is 38.8 Å². The highest BCUT2D eigenvalue weighted by Crippen LogP contribution is 2.13. The van der Waals surface area contributed by atoms with E-state index in [9.17, 15) is 8.42 Å². The molecule has 2 fully saturated rings. The van der Waals surface area contributed by atoms with Gasteiger partial charge in [-0.15, -0.1) is 0 Å². The van der Waals surface area contributed by atoms with Crippen LogP contribution in [0.15, 0.2) is 0 Å². The average Bonchev–Trinajstić information content (AvgIpc) is 2.45. The van der Waals surface area contributed by atoms with E-state index in [1.54, 1.807) is 0 Å². The fourth-order valence-electron chi connectivity index (χ4n) is 2.79. The molecule has 1 N–H and O–H groups in total. The predicted octanol–water partition coefficient (Wildman–Crippen LogP) is -0.349. The van der Waals surface area contributed by atoms with Gasteiger partial charge in [0.25, 0.3) is 10.2 Å². The van der Waals surface area contributed by atoms with Crippen LogP contribution in [0.5, 0.6) is 0 Å². The van der Waals surface area contributed by atoms with E-state index >= 15 is 0 Å². The molecule has 2 rings (SSSR count). The molecule has 0 aromatic carbocycles. The maximum atomic E-state index is 12.4. The van der Waals surface area contributed by atoms with E-state index in [-0.39, 0.29) is 18.2 Å². The van der Waals surface area contributed by atoms with Crippen LogP contribution in [0.25, 0.3) is 0 Å². The summed E-state index contributed by atoms with van der Waals surface area (Å²) in [5, 5.41) is 0. The normalized spacial score (nSPS) is 31.2. The molecule has 0 aliphatic carbocycles. The highest BCUT2D eigenvalue weighted by atomic mass is 32.2. The Balaban J connectivity index is 1.85. The standard InChI is InChI=1S/C13H27N3O4S/c1-11(15-4-6-19-7-5-15)8-14-21(17,18)16-9-12(2)20-13(3)10-16/h11-14H,4-10H2,1-3H3. The average molecular weight is 321 g/mol. The highest BCUT2D eigenvalue weighted by molar-refractivity contribution is 7.87. The molecule has 2 aliphatic rings. The lowest BCUT2D eigenvalue weighted by Crippen LogP contribution is -2.54. The number of nitrogens with one attached hydrogen (secondary N) is 1. The van der Waals surface area contributed by atoms with Crippen molar-refractivity contribution in [2.75, 3.05) is 45.9 Å². The van der Waals surface area contributed by atoms with Crippen LogP contribution in [0.4, 0.5) is 0 Å². The van der Waals surface area contributed by atoms with Crippen LogP contribution in [0.2, 0.25) is 0 Å². The van der Waals surface area contributed by atoms with Crippen molar-refractivity contribution in [2.45, 2.75) is 39.0 Å². The molecule has 0 saturated carbocycles. The Morgan fingerprint density at radius 2 is 1.76 bits per heavy atom. The predicted molar refractivity (Wildman–Crippen MR) is 80.4 cm³/mol. The maximum Gasteiger partial charge on any atom is 0.279 e. The minimum atomic E-state index is -3.44. The van der Waals surface area contributed by atoms with Crippen molar-refractivity contribution in [1.82, 2.24) is 13.9 Å².